The van der Waals surface area contributed by atoms with E-state index in [0.29, 0.717) is 0 Å². The fourth-order valence-electron chi connectivity index (χ4n) is 1.46. The first-order valence-corrected chi connectivity index (χ1v) is 8.25. The van der Waals surface area contributed by atoms with Gasteiger partial charge in [0.1, 0.15) is 0 Å². The zero-order chi connectivity index (χ0) is 16.0. The summed E-state index contributed by atoms with van der Waals surface area (Å²) in [6.07, 6.45) is 4.24. The summed E-state index contributed by atoms with van der Waals surface area (Å²) in [5.41, 5.74) is 21.2. The lowest BCUT2D eigenvalue weighted by Gasteiger charge is -2.04. The van der Waals surface area contributed by atoms with Crippen LogP contribution in [0.2, 0.25) is 0 Å². The lowest BCUT2D eigenvalue weighted by Crippen LogP contribution is -2.29. The van der Waals surface area contributed by atoms with Gasteiger partial charge in [-0.25, -0.2) is 0 Å². The van der Waals surface area contributed by atoms with E-state index in [4.69, 9.17) is 22.9 Å². The number of hydrogen-bond donors (Lipinski definition) is 7. The summed E-state index contributed by atoms with van der Waals surface area (Å²) in [6.45, 7) is 9.22. The van der Waals surface area contributed by atoms with Gasteiger partial charge in [-0.2, -0.15) is 0 Å². The van der Waals surface area contributed by atoms with Crippen molar-refractivity contribution in [2.75, 3.05) is 65.4 Å². The van der Waals surface area contributed by atoms with E-state index >= 15 is 0 Å². The predicted octanol–water partition coefficient (Wildman–Crippen LogP) is -1.86. The molecule has 7 heteroatoms. The van der Waals surface area contributed by atoms with Crippen molar-refractivity contribution in [1.82, 2.24) is 16.0 Å². The molecule has 0 heterocycles. The van der Waals surface area contributed by atoms with E-state index in [1.165, 1.54) is 0 Å². The Morgan fingerprint density at radius 2 is 0.619 bits per heavy atom. The highest BCUT2D eigenvalue weighted by Gasteiger charge is 1.87. The van der Waals surface area contributed by atoms with Gasteiger partial charge in [-0.05, 0) is 78.0 Å². The predicted molar refractivity (Wildman–Crippen MR) is 93.3 cm³/mol. The minimum Gasteiger partial charge on any atom is -0.330 e. The number of hydrogen-bond acceptors (Lipinski definition) is 7. The molecule has 0 atom stereocenters. The van der Waals surface area contributed by atoms with Gasteiger partial charge in [-0.3, -0.25) is 0 Å². The third kappa shape index (κ3) is 28.6. The summed E-state index contributed by atoms with van der Waals surface area (Å²) in [4.78, 5) is 0. The quantitative estimate of drug-likeness (QED) is 0.176. The van der Waals surface area contributed by atoms with Crippen LogP contribution >= 0.6 is 0 Å². The third-order valence-corrected chi connectivity index (χ3v) is 2.71. The smallest absolute Gasteiger partial charge is 0.00767 e. The summed E-state index contributed by atoms with van der Waals surface area (Å²) in [6, 6.07) is 0. The summed E-state index contributed by atoms with van der Waals surface area (Å²) in [5.74, 6) is 0. The molecule has 130 valence electrons. The molecule has 0 bridgehead atoms. The zero-order valence-electron chi connectivity index (χ0n) is 13.7. The molecule has 0 aromatic carbocycles. The van der Waals surface area contributed by atoms with Crippen LogP contribution in [0.25, 0.3) is 0 Å². The molecular formula is C14H39N7. The number of nitrogens with two attached hydrogens (primary N) is 4. The molecule has 0 amide bonds. The molecule has 0 radical (unpaired) electrons. The fraction of sp³-hybridized carbons (Fsp3) is 1.00. The van der Waals surface area contributed by atoms with E-state index in [-0.39, 0.29) is 0 Å². The van der Waals surface area contributed by atoms with Crippen molar-refractivity contribution in [2.24, 2.45) is 22.9 Å². The van der Waals surface area contributed by atoms with Crippen molar-refractivity contribution in [3.63, 3.8) is 0 Å². The van der Waals surface area contributed by atoms with E-state index in [1.807, 2.05) is 0 Å². The molecule has 0 saturated heterocycles. The van der Waals surface area contributed by atoms with Crippen molar-refractivity contribution < 1.29 is 0 Å². The summed E-state index contributed by atoms with van der Waals surface area (Å²) < 4.78 is 0. The van der Waals surface area contributed by atoms with Crippen LogP contribution in [-0.2, 0) is 0 Å². The maximum atomic E-state index is 5.34. The first-order chi connectivity index (χ1) is 10.3. The van der Waals surface area contributed by atoms with E-state index in [2.05, 4.69) is 16.0 Å². The van der Waals surface area contributed by atoms with E-state index in [1.54, 1.807) is 0 Å². The van der Waals surface area contributed by atoms with Gasteiger partial charge < -0.3 is 38.9 Å². The van der Waals surface area contributed by atoms with Gasteiger partial charge in [0, 0.05) is 13.1 Å². The first-order valence-electron chi connectivity index (χ1n) is 8.25. The molecule has 0 spiro atoms. The molecule has 0 rings (SSSR count). The highest BCUT2D eigenvalue weighted by atomic mass is 14.9. The van der Waals surface area contributed by atoms with Crippen LogP contribution in [0, 0.1) is 0 Å². The Balaban J connectivity index is 0. The Kier molecular flexibility index (Phi) is 27.1. The SMILES string of the molecule is NCCCNCCCN.NCCCNCCNCCCN. The summed E-state index contributed by atoms with van der Waals surface area (Å²) >= 11 is 0. The molecule has 0 unspecified atom stereocenters. The van der Waals surface area contributed by atoms with Crippen LogP contribution in [0.3, 0.4) is 0 Å². The zero-order valence-corrected chi connectivity index (χ0v) is 13.7. The largest absolute Gasteiger partial charge is 0.330 e. The Bertz CT molecular complexity index is 142. The van der Waals surface area contributed by atoms with Crippen molar-refractivity contribution >= 4 is 0 Å². The molecule has 0 aliphatic carbocycles. The van der Waals surface area contributed by atoms with Crippen molar-refractivity contribution in [3.8, 4) is 0 Å². The van der Waals surface area contributed by atoms with E-state index in [9.17, 15) is 0 Å². The molecule has 21 heavy (non-hydrogen) atoms. The second-order valence-corrected chi connectivity index (χ2v) is 4.82. The van der Waals surface area contributed by atoms with Gasteiger partial charge in [0.25, 0.3) is 0 Å². The number of nitrogens with one attached hydrogen (secondary N) is 3. The molecule has 11 N–H and O–H groups in total. The fourth-order valence-corrected chi connectivity index (χ4v) is 1.46. The Labute approximate surface area is 130 Å². The van der Waals surface area contributed by atoms with Crippen LogP contribution in [0.15, 0.2) is 0 Å². The average Bonchev–Trinajstić information content (AvgIpc) is 2.51. The minimum atomic E-state index is 0.771. The highest BCUT2D eigenvalue weighted by molar-refractivity contribution is 4.53. The number of rotatable bonds is 15. The maximum Gasteiger partial charge on any atom is 0.00767 e. The van der Waals surface area contributed by atoms with Gasteiger partial charge in [0.05, 0.1) is 0 Å². The molecule has 0 saturated carbocycles. The summed E-state index contributed by atoms with van der Waals surface area (Å²) in [5, 5.41) is 9.81. The standard InChI is InChI=1S/C8H22N4.C6H17N3/c9-3-1-5-11-7-8-12-6-2-4-10;7-3-1-5-9-6-2-4-8/h11-12H,1-10H2;9H,1-8H2. The minimum absolute atomic E-state index is 0.771. The van der Waals surface area contributed by atoms with Gasteiger partial charge in [0.15, 0.2) is 0 Å². The molecule has 0 aliphatic heterocycles. The van der Waals surface area contributed by atoms with Crippen molar-refractivity contribution in [1.29, 1.82) is 0 Å². The Hall–Kier alpha value is -0.280. The van der Waals surface area contributed by atoms with Crippen molar-refractivity contribution in [2.45, 2.75) is 25.7 Å². The van der Waals surface area contributed by atoms with Gasteiger partial charge in [-0.15, -0.1) is 0 Å². The average molecular weight is 306 g/mol. The lowest BCUT2D eigenvalue weighted by molar-refractivity contribution is 0.590. The summed E-state index contributed by atoms with van der Waals surface area (Å²) in [7, 11) is 0. The van der Waals surface area contributed by atoms with Gasteiger partial charge in [0.2, 0.25) is 0 Å². The second kappa shape index (κ2) is 24.7. The van der Waals surface area contributed by atoms with Crippen LogP contribution in [-0.4, -0.2) is 65.4 Å². The molecular weight excluding hydrogens is 266 g/mol. The monoisotopic (exact) mass is 305 g/mol. The molecule has 7 nitrogen and oxygen atoms in total. The van der Waals surface area contributed by atoms with Crippen LogP contribution < -0.4 is 38.9 Å². The lowest BCUT2D eigenvalue weighted by atomic mass is 10.4. The van der Waals surface area contributed by atoms with Crippen LogP contribution in [0.5, 0.6) is 0 Å². The third-order valence-electron chi connectivity index (χ3n) is 2.71. The molecule has 0 fully saturated rings. The van der Waals surface area contributed by atoms with Crippen LogP contribution in [0.4, 0.5) is 0 Å². The first kappa shape index (κ1) is 23.0. The van der Waals surface area contributed by atoms with Gasteiger partial charge >= 0.3 is 0 Å². The maximum absolute atomic E-state index is 5.34. The van der Waals surface area contributed by atoms with Crippen LogP contribution in [0.1, 0.15) is 25.7 Å². The Morgan fingerprint density at radius 3 is 0.857 bits per heavy atom. The highest BCUT2D eigenvalue weighted by Crippen LogP contribution is 1.72. The van der Waals surface area contributed by atoms with Crippen molar-refractivity contribution in [3.05, 3.63) is 0 Å². The Morgan fingerprint density at radius 1 is 0.381 bits per heavy atom. The topological polar surface area (TPSA) is 140 Å². The molecule has 0 aliphatic rings. The normalized spacial score (nSPS) is 10.3. The van der Waals surface area contributed by atoms with E-state index in [0.717, 1.165) is 91.1 Å². The van der Waals surface area contributed by atoms with E-state index < -0.39 is 0 Å². The second-order valence-electron chi connectivity index (χ2n) is 4.82. The molecule has 0 aromatic heterocycles. The van der Waals surface area contributed by atoms with Gasteiger partial charge in [-0.1, -0.05) is 0 Å². The molecule has 0 aromatic rings.